The van der Waals surface area contributed by atoms with Crippen molar-refractivity contribution in [1.29, 1.82) is 0 Å². The summed E-state index contributed by atoms with van der Waals surface area (Å²) >= 11 is 0. The van der Waals surface area contributed by atoms with Gasteiger partial charge in [0.2, 0.25) is 0 Å². The minimum absolute atomic E-state index is 0.0641. The quantitative estimate of drug-likeness (QED) is 0.648. The van der Waals surface area contributed by atoms with Crippen LogP contribution in [-0.2, 0) is 14.6 Å². The Labute approximate surface area is 91.6 Å². The Hall–Kier alpha value is -0.420. The number of sulfone groups is 1. The number of hydrogen-bond donors (Lipinski definition) is 0. The zero-order valence-corrected chi connectivity index (χ0v) is 10.0. The molecule has 0 aliphatic carbocycles. The highest BCUT2D eigenvalue weighted by molar-refractivity contribution is 7.91. The Morgan fingerprint density at radius 1 is 1.40 bits per heavy atom. The molecule has 0 spiro atoms. The predicted octanol–water partition coefficient (Wildman–Crippen LogP) is 0.474. The molecule has 1 unspecified atom stereocenters. The highest BCUT2D eigenvalue weighted by atomic mass is 32.2. The van der Waals surface area contributed by atoms with E-state index in [-0.39, 0.29) is 17.5 Å². The number of rotatable bonds is 5. The third-order valence-corrected chi connectivity index (χ3v) is 4.63. The fraction of sp³-hybridized carbons (Fsp3) is 0.900. The lowest BCUT2D eigenvalue weighted by atomic mass is 10.0. The van der Waals surface area contributed by atoms with Gasteiger partial charge in [-0.15, -0.1) is 0 Å². The lowest BCUT2D eigenvalue weighted by molar-refractivity contribution is -0.113. The van der Waals surface area contributed by atoms with Gasteiger partial charge in [0.15, 0.2) is 9.84 Å². The topological polar surface area (TPSA) is 54.5 Å². The summed E-state index contributed by atoms with van der Waals surface area (Å²) in [6, 6.07) is -0.0641. The monoisotopic (exact) mass is 233 g/mol. The number of hydrogen-bond acceptors (Lipinski definition) is 4. The van der Waals surface area contributed by atoms with Gasteiger partial charge in [-0.1, -0.05) is 13.3 Å². The van der Waals surface area contributed by atoms with Crippen LogP contribution in [0.15, 0.2) is 0 Å². The molecule has 1 fully saturated rings. The van der Waals surface area contributed by atoms with Gasteiger partial charge in [0, 0.05) is 12.3 Å². The molecule has 0 amide bonds. The predicted molar refractivity (Wildman–Crippen MR) is 59.6 cm³/mol. The van der Waals surface area contributed by atoms with E-state index in [2.05, 4.69) is 0 Å². The maximum absolute atomic E-state index is 11.3. The molecule has 0 saturated carbocycles. The molecule has 5 heteroatoms. The van der Waals surface area contributed by atoms with Crippen molar-refractivity contribution >= 4 is 16.1 Å². The molecule has 1 saturated heterocycles. The summed E-state index contributed by atoms with van der Waals surface area (Å²) in [4.78, 5) is 12.8. The van der Waals surface area contributed by atoms with Crippen LogP contribution in [0.1, 0.15) is 26.2 Å². The number of nitrogens with zero attached hydrogens (tertiary/aromatic N) is 1. The van der Waals surface area contributed by atoms with Crippen LogP contribution in [0, 0.1) is 0 Å². The van der Waals surface area contributed by atoms with Crippen molar-refractivity contribution in [2.45, 2.75) is 32.2 Å². The van der Waals surface area contributed by atoms with Gasteiger partial charge in [0.25, 0.3) is 0 Å². The van der Waals surface area contributed by atoms with E-state index in [1.807, 2.05) is 4.90 Å². The van der Waals surface area contributed by atoms with Gasteiger partial charge in [-0.2, -0.15) is 0 Å². The Morgan fingerprint density at radius 3 is 2.73 bits per heavy atom. The first-order valence-electron chi connectivity index (χ1n) is 5.49. The highest BCUT2D eigenvalue weighted by Crippen LogP contribution is 2.15. The van der Waals surface area contributed by atoms with Crippen LogP contribution in [0.4, 0.5) is 0 Å². The molecule has 88 valence electrons. The first-order chi connectivity index (χ1) is 7.09. The van der Waals surface area contributed by atoms with E-state index in [0.29, 0.717) is 6.54 Å². The summed E-state index contributed by atoms with van der Waals surface area (Å²) in [5.74, 6) is 0.362. The van der Waals surface area contributed by atoms with Crippen LogP contribution in [0.3, 0.4) is 0 Å². The molecule has 0 radical (unpaired) electrons. The smallest absolute Gasteiger partial charge is 0.151 e. The third-order valence-electron chi connectivity index (χ3n) is 2.95. The maximum atomic E-state index is 11.3. The summed E-state index contributed by atoms with van der Waals surface area (Å²) in [5, 5.41) is 0. The van der Waals surface area contributed by atoms with E-state index >= 15 is 0 Å². The van der Waals surface area contributed by atoms with Crippen molar-refractivity contribution in [3.63, 3.8) is 0 Å². The molecule has 1 atom stereocenters. The summed E-state index contributed by atoms with van der Waals surface area (Å²) in [5.41, 5.74) is 0. The molecule has 1 heterocycles. The van der Waals surface area contributed by atoms with Crippen molar-refractivity contribution in [2.24, 2.45) is 0 Å². The molecule has 0 bridgehead atoms. The summed E-state index contributed by atoms with van der Waals surface area (Å²) in [7, 11) is -2.91. The Kier molecular flexibility index (Phi) is 4.73. The number of piperidine rings is 1. The molecule has 4 nitrogen and oxygen atoms in total. The first-order valence-corrected chi connectivity index (χ1v) is 7.31. The van der Waals surface area contributed by atoms with E-state index in [1.54, 1.807) is 6.92 Å². The highest BCUT2D eigenvalue weighted by Gasteiger charge is 2.22. The average molecular weight is 233 g/mol. The molecule has 0 aromatic carbocycles. The van der Waals surface area contributed by atoms with Crippen LogP contribution in [0.5, 0.6) is 0 Å². The van der Waals surface area contributed by atoms with E-state index in [9.17, 15) is 13.2 Å². The van der Waals surface area contributed by atoms with Gasteiger partial charge in [0.05, 0.1) is 11.8 Å². The molecular formula is C10H19NO3S. The maximum Gasteiger partial charge on any atom is 0.151 e. The zero-order valence-electron chi connectivity index (χ0n) is 9.18. The standard InChI is InChI=1S/C10H19NO3S/c1-2-15(13,14)8-7-11-6-4-3-5-10(11)9-12/h9-10H,2-8H2,1H3. The van der Waals surface area contributed by atoms with Crippen LogP contribution < -0.4 is 0 Å². The molecule has 1 aliphatic heterocycles. The van der Waals surface area contributed by atoms with Crippen molar-refractivity contribution in [2.75, 3.05) is 24.6 Å². The van der Waals surface area contributed by atoms with Gasteiger partial charge in [-0.05, 0) is 19.4 Å². The summed E-state index contributed by atoms with van der Waals surface area (Å²) < 4.78 is 22.6. The van der Waals surface area contributed by atoms with Gasteiger partial charge >= 0.3 is 0 Å². The van der Waals surface area contributed by atoms with Gasteiger partial charge in [-0.3, -0.25) is 4.90 Å². The number of aldehydes is 1. The largest absolute Gasteiger partial charge is 0.302 e. The molecule has 0 aromatic rings. The SMILES string of the molecule is CCS(=O)(=O)CCN1CCCCC1C=O. The molecule has 0 aromatic heterocycles. The number of carbonyl (C=O) groups excluding carboxylic acids is 1. The van der Waals surface area contributed by atoms with Crippen molar-refractivity contribution in [1.82, 2.24) is 4.90 Å². The molecule has 0 N–H and O–H groups in total. The normalized spacial score (nSPS) is 23.9. The van der Waals surface area contributed by atoms with Crippen LogP contribution >= 0.6 is 0 Å². The first kappa shape index (κ1) is 12.6. The molecule has 1 rings (SSSR count). The molecule has 1 aliphatic rings. The van der Waals surface area contributed by atoms with Crippen molar-refractivity contribution < 1.29 is 13.2 Å². The lowest BCUT2D eigenvalue weighted by Gasteiger charge is -2.31. The number of likely N-dealkylation sites (tertiary alicyclic amines) is 1. The Bertz CT molecular complexity index is 300. The summed E-state index contributed by atoms with van der Waals surface area (Å²) in [6.45, 7) is 3.00. The fourth-order valence-corrected chi connectivity index (χ4v) is 2.65. The van der Waals surface area contributed by atoms with E-state index < -0.39 is 9.84 Å². The second-order valence-corrected chi connectivity index (χ2v) is 6.44. The second kappa shape index (κ2) is 5.61. The third kappa shape index (κ3) is 3.91. The van der Waals surface area contributed by atoms with Crippen molar-refractivity contribution in [3.05, 3.63) is 0 Å². The molecule has 15 heavy (non-hydrogen) atoms. The van der Waals surface area contributed by atoms with Gasteiger partial charge in [-0.25, -0.2) is 8.42 Å². The Balaban J connectivity index is 2.45. The van der Waals surface area contributed by atoms with Crippen LogP contribution in [-0.4, -0.2) is 50.2 Å². The van der Waals surface area contributed by atoms with Gasteiger partial charge in [0.1, 0.15) is 6.29 Å². The van der Waals surface area contributed by atoms with Crippen molar-refractivity contribution in [3.8, 4) is 0 Å². The van der Waals surface area contributed by atoms with E-state index in [0.717, 1.165) is 32.1 Å². The Morgan fingerprint density at radius 2 is 2.13 bits per heavy atom. The average Bonchev–Trinajstić information content (AvgIpc) is 2.27. The van der Waals surface area contributed by atoms with E-state index in [4.69, 9.17) is 0 Å². The number of carbonyl (C=O) groups is 1. The second-order valence-electron chi connectivity index (χ2n) is 3.97. The van der Waals surface area contributed by atoms with Crippen LogP contribution in [0.25, 0.3) is 0 Å². The van der Waals surface area contributed by atoms with E-state index in [1.165, 1.54) is 0 Å². The fourth-order valence-electron chi connectivity index (χ4n) is 1.85. The van der Waals surface area contributed by atoms with Crippen LogP contribution in [0.2, 0.25) is 0 Å². The van der Waals surface area contributed by atoms with Gasteiger partial charge < -0.3 is 4.79 Å². The lowest BCUT2D eigenvalue weighted by Crippen LogP contribution is -2.43. The minimum Gasteiger partial charge on any atom is -0.302 e. The zero-order chi connectivity index (χ0) is 11.3. The minimum atomic E-state index is -2.91. The molecular weight excluding hydrogens is 214 g/mol. The summed E-state index contributed by atoms with van der Waals surface area (Å²) in [6.07, 6.45) is 3.95.